The number of nitrogens with one attached hydrogen (secondary N) is 1. The molecule has 0 spiro atoms. The van der Waals surface area contributed by atoms with Crippen LogP contribution in [-0.4, -0.2) is 43.8 Å². The van der Waals surface area contributed by atoms with Gasteiger partial charge in [0.05, 0.1) is 30.7 Å². The van der Waals surface area contributed by atoms with E-state index in [-0.39, 0.29) is 50.6 Å². The van der Waals surface area contributed by atoms with Crippen LogP contribution in [0.3, 0.4) is 0 Å². The molecule has 0 saturated heterocycles. The topological polar surface area (TPSA) is 86.8 Å². The number of carbonyl (C=O) groups is 2. The van der Waals surface area contributed by atoms with Crippen LogP contribution >= 0.6 is 46.4 Å². The van der Waals surface area contributed by atoms with Crippen molar-refractivity contribution in [3.05, 3.63) is 128 Å². The van der Waals surface area contributed by atoms with Gasteiger partial charge in [-0.3, -0.25) is 13.9 Å². The molecule has 0 bridgehead atoms. The number of benzene rings is 4. The summed E-state index contributed by atoms with van der Waals surface area (Å²) in [6, 6.07) is 25.7. The van der Waals surface area contributed by atoms with Crippen molar-refractivity contribution in [1.29, 1.82) is 0 Å². The number of amides is 2. The van der Waals surface area contributed by atoms with Gasteiger partial charge in [-0.2, -0.15) is 0 Å². The highest BCUT2D eigenvalue weighted by Gasteiger charge is 2.36. The van der Waals surface area contributed by atoms with Gasteiger partial charge in [-0.05, 0) is 60.4 Å². The van der Waals surface area contributed by atoms with Gasteiger partial charge in [0.25, 0.3) is 10.0 Å². The number of nitrogens with zero attached hydrogens (tertiary/aromatic N) is 2. The van der Waals surface area contributed by atoms with E-state index >= 15 is 0 Å². The fourth-order valence-corrected chi connectivity index (χ4v) is 8.07. The van der Waals surface area contributed by atoms with Gasteiger partial charge in [-0.25, -0.2) is 8.42 Å². The molecule has 7 nitrogen and oxygen atoms in total. The van der Waals surface area contributed by atoms with E-state index in [1.54, 1.807) is 42.5 Å². The van der Waals surface area contributed by atoms with Gasteiger partial charge >= 0.3 is 0 Å². The Balaban J connectivity index is 1.59. The van der Waals surface area contributed by atoms with Gasteiger partial charge < -0.3 is 10.2 Å². The van der Waals surface area contributed by atoms with Crippen LogP contribution in [-0.2, 0) is 32.6 Å². The SMILES string of the molecule is O=C(NC1CCCCC1)[C@H](Cc1ccccc1)N(Cc1ccc(Cl)c(Cl)c1)C(=O)CN(c1cccc(Cl)c1Cl)S(=O)(=O)c1ccccc1. The molecule has 0 heterocycles. The molecule has 1 atom stereocenters. The lowest BCUT2D eigenvalue weighted by Gasteiger charge is -2.35. The summed E-state index contributed by atoms with van der Waals surface area (Å²) in [4.78, 5) is 30.3. The minimum Gasteiger partial charge on any atom is -0.352 e. The fourth-order valence-electron chi connectivity index (χ4n) is 5.85. The van der Waals surface area contributed by atoms with E-state index in [1.807, 2.05) is 30.3 Å². The summed E-state index contributed by atoms with van der Waals surface area (Å²) in [7, 11) is -4.33. The molecule has 12 heteroatoms. The summed E-state index contributed by atoms with van der Waals surface area (Å²) in [5.74, 6) is -0.950. The third kappa shape index (κ3) is 8.84. The van der Waals surface area contributed by atoms with Crippen LogP contribution in [0.25, 0.3) is 0 Å². The molecule has 2 amide bonds. The van der Waals surface area contributed by atoms with Gasteiger partial charge in [0.2, 0.25) is 11.8 Å². The molecule has 1 aliphatic rings. The molecule has 1 fully saturated rings. The Hall–Kier alpha value is -3.27. The van der Waals surface area contributed by atoms with E-state index in [9.17, 15) is 18.0 Å². The number of halogens is 4. The van der Waals surface area contributed by atoms with Crippen molar-refractivity contribution in [2.24, 2.45) is 0 Å². The minimum absolute atomic E-state index is 0.0216. The molecule has 48 heavy (non-hydrogen) atoms. The van der Waals surface area contributed by atoms with Crippen molar-refractivity contribution >= 4 is 73.9 Å². The standard InChI is InChI=1S/C36H35Cl4N3O4S/c37-29-20-19-26(21-31(29)39)23-42(33(22-25-11-4-1-5-12-25)36(45)41-27-13-6-2-7-14-27)34(44)24-43(32-18-10-17-30(38)35(32)40)48(46,47)28-15-8-3-9-16-28/h1,3-5,8-12,15-21,27,33H,2,6-7,13-14,22-24H2,(H,41,45)/t33-/m0/s1. The molecule has 0 aromatic heterocycles. The first-order valence-electron chi connectivity index (χ1n) is 15.6. The maximum Gasteiger partial charge on any atom is 0.264 e. The Morgan fingerprint density at radius 3 is 2.08 bits per heavy atom. The highest BCUT2D eigenvalue weighted by molar-refractivity contribution is 7.92. The Kier molecular flexibility index (Phi) is 12.3. The van der Waals surface area contributed by atoms with Gasteiger partial charge in [-0.15, -0.1) is 0 Å². The number of sulfonamides is 1. The Morgan fingerprint density at radius 1 is 0.750 bits per heavy atom. The van der Waals surface area contributed by atoms with Crippen LogP contribution in [0.1, 0.15) is 43.2 Å². The average molecular weight is 748 g/mol. The summed E-state index contributed by atoms with van der Waals surface area (Å²) >= 11 is 25.5. The van der Waals surface area contributed by atoms with Crippen LogP contribution in [0, 0.1) is 0 Å². The monoisotopic (exact) mass is 745 g/mol. The predicted molar refractivity (Wildman–Crippen MR) is 193 cm³/mol. The molecular formula is C36H35Cl4N3O4S. The Morgan fingerprint density at radius 2 is 1.42 bits per heavy atom. The summed E-state index contributed by atoms with van der Waals surface area (Å²) in [6.07, 6.45) is 5.01. The molecule has 0 aliphatic heterocycles. The van der Waals surface area contributed by atoms with E-state index in [0.29, 0.717) is 10.6 Å². The number of carbonyl (C=O) groups excluding carboxylic acids is 2. The maximum absolute atomic E-state index is 14.7. The van der Waals surface area contributed by atoms with Gasteiger partial charge in [0.1, 0.15) is 12.6 Å². The molecule has 0 unspecified atom stereocenters. The van der Waals surface area contributed by atoms with Crippen molar-refractivity contribution < 1.29 is 18.0 Å². The summed E-state index contributed by atoms with van der Waals surface area (Å²) in [5, 5.41) is 3.90. The first-order chi connectivity index (χ1) is 23.0. The molecule has 252 valence electrons. The molecule has 1 aliphatic carbocycles. The smallest absolute Gasteiger partial charge is 0.264 e. The zero-order chi connectivity index (χ0) is 34.3. The lowest BCUT2D eigenvalue weighted by atomic mass is 9.94. The predicted octanol–water partition coefficient (Wildman–Crippen LogP) is 8.58. The molecule has 4 aromatic carbocycles. The molecule has 1 saturated carbocycles. The largest absolute Gasteiger partial charge is 0.352 e. The van der Waals surface area contributed by atoms with E-state index in [4.69, 9.17) is 46.4 Å². The first kappa shape index (κ1) is 36.0. The first-order valence-corrected chi connectivity index (χ1v) is 18.6. The molecule has 5 rings (SSSR count). The van der Waals surface area contributed by atoms with Crippen molar-refractivity contribution in [3.8, 4) is 0 Å². The average Bonchev–Trinajstić information content (AvgIpc) is 3.09. The number of rotatable bonds is 12. The zero-order valence-electron chi connectivity index (χ0n) is 26.0. The normalized spacial score (nSPS) is 14.2. The second-order valence-electron chi connectivity index (χ2n) is 11.7. The zero-order valence-corrected chi connectivity index (χ0v) is 29.8. The fraction of sp³-hybridized carbons (Fsp3) is 0.278. The summed E-state index contributed by atoms with van der Waals surface area (Å²) < 4.78 is 29.3. The highest BCUT2D eigenvalue weighted by Crippen LogP contribution is 2.36. The Bertz CT molecular complexity index is 1840. The van der Waals surface area contributed by atoms with Crippen molar-refractivity contribution in [3.63, 3.8) is 0 Å². The van der Waals surface area contributed by atoms with Gasteiger partial charge in [0.15, 0.2) is 0 Å². The van der Waals surface area contributed by atoms with Crippen molar-refractivity contribution in [1.82, 2.24) is 10.2 Å². The van der Waals surface area contributed by atoms with Gasteiger partial charge in [0, 0.05) is 19.0 Å². The summed E-state index contributed by atoms with van der Waals surface area (Å²) in [6.45, 7) is -0.714. The third-order valence-electron chi connectivity index (χ3n) is 8.37. The minimum atomic E-state index is -4.33. The van der Waals surface area contributed by atoms with Crippen LogP contribution in [0.4, 0.5) is 5.69 Å². The maximum atomic E-state index is 14.7. The molecule has 1 N–H and O–H groups in total. The number of anilines is 1. The van der Waals surface area contributed by atoms with Crippen molar-refractivity contribution in [2.45, 2.75) is 62.0 Å². The van der Waals surface area contributed by atoms with Crippen LogP contribution < -0.4 is 9.62 Å². The Labute approximate surface area is 301 Å². The van der Waals surface area contributed by atoms with Crippen molar-refractivity contribution in [2.75, 3.05) is 10.8 Å². The van der Waals surface area contributed by atoms with Crippen LogP contribution in [0.5, 0.6) is 0 Å². The quantitative estimate of drug-likeness (QED) is 0.157. The number of hydrogen-bond acceptors (Lipinski definition) is 4. The lowest BCUT2D eigenvalue weighted by Crippen LogP contribution is -2.55. The second kappa shape index (κ2) is 16.4. The second-order valence-corrected chi connectivity index (χ2v) is 15.2. The van der Waals surface area contributed by atoms with Crippen LogP contribution in [0.2, 0.25) is 20.1 Å². The van der Waals surface area contributed by atoms with E-state index < -0.39 is 28.5 Å². The van der Waals surface area contributed by atoms with E-state index in [2.05, 4.69) is 5.32 Å². The van der Waals surface area contributed by atoms with Gasteiger partial charge in [-0.1, -0.05) is 126 Å². The number of hydrogen-bond donors (Lipinski definition) is 1. The molecule has 4 aromatic rings. The molecule has 0 radical (unpaired) electrons. The van der Waals surface area contributed by atoms with E-state index in [0.717, 1.165) is 42.0 Å². The summed E-state index contributed by atoms with van der Waals surface area (Å²) in [5.41, 5.74) is 1.47. The van der Waals surface area contributed by atoms with Crippen LogP contribution in [0.15, 0.2) is 102 Å². The molecular weight excluding hydrogens is 712 g/mol. The van der Waals surface area contributed by atoms with E-state index in [1.165, 1.54) is 29.2 Å². The lowest BCUT2D eigenvalue weighted by molar-refractivity contribution is -0.140. The highest BCUT2D eigenvalue weighted by atomic mass is 35.5. The third-order valence-corrected chi connectivity index (χ3v) is 11.7.